The molecule has 0 spiro atoms. The number of aromatic nitrogens is 4. The Morgan fingerprint density at radius 2 is 1.77 bits per heavy atom. The van der Waals surface area contributed by atoms with Gasteiger partial charge in [-0.1, -0.05) is 18.2 Å². The zero-order valence-corrected chi connectivity index (χ0v) is 17.5. The van der Waals surface area contributed by atoms with Crippen molar-refractivity contribution in [1.29, 1.82) is 0 Å². The lowest BCUT2D eigenvalue weighted by Gasteiger charge is -2.07. The zero-order chi connectivity index (χ0) is 21.8. The van der Waals surface area contributed by atoms with Gasteiger partial charge in [-0.25, -0.2) is 9.07 Å². The van der Waals surface area contributed by atoms with Gasteiger partial charge in [0, 0.05) is 30.5 Å². The molecule has 2 aromatic carbocycles. The lowest BCUT2D eigenvalue weighted by Crippen LogP contribution is -2.25. The summed E-state index contributed by atoms with van der Waals surface area (Å²) in [6, 6.07) is 17.6. The predicted octanol–water partition coefficient (Wildman–Crippen LogP) is 4.31. The van der Waals surface area contributed by atoms with Gasteiger partial charge in [-0.05, 0) is 62.7 Å². The molecule has 0 saturated carbocycles. The van der Waals surface area contributed by atoms with Crippen LogP contribution in [0.15, 0.2) is 66.9 Å². The molecule has 0 saturated heterocycles. The molecule has 2 heterocycles. The van der Waals surface area contributed by atoms with Crippen molar-refractivity contribution < 1.29 is 9.18 Å². The number of carbonyl (C=O) groups excluding carboxylic acids is 1. The average Bonchev–Trinajstić information content (AvgIpc) is 3.35. The van der Waals surface area contributed by atoms with E-state index in [2.05, 4.69) is 15.5 Å². The summed E-state index contributed by atoms with van der Waals surface area (Å²) in [7, 11) is 0. The summed E-state index contributed by atoms with van der Waals surface area (Å²) in [4.78, 5) is 13.0. The van der Waals surface area contributed by atoms with Gasteiger partial charge in [0.15, 0.2) is 0 Å². The van der Waals surface area contributed by atoms with Crippen LogP contribution in [0.4, 0.5) is 4.39 Å². The molecule has 1 amide bonds. The van der Waals surface area contributed by atoms with E-state index in [-0.39, 0.29) is 11.7 Å². The van der Waals surface area contributed by atoms with Gasteiger partial charge < -0.3 is 5.32 Å². The second-order valence-electron chi connectivity index (χ2n) is 7.44. The fraction of sp³-hybridized carbons (Fsp3) is 0.208. The average molecular weight is 417 g/mol. The zero-order valence-electron chi connectivity index (χ0n) is 17.5. The Kier molecular flexibility index (Phi) is 5.93. The van der Waals surface area contributed by atoms with E-state index in [9.17, 15) is 9.18 Å². The van der Waals surface area contributed by atoms with Gasteiger partial charge in [-0.2, -0.15) is 10.2 Å². The van der Waals surface area contributed by atoms with Crippen molar-refractivity contribution in [2.75, 3.05) is 6.54 Å². The van der Waals surface area contributed by atoms with Crippen molar-refractivity contribution in [1.82, 2.24) is 24.9 Å². The summed E-state index contributed by atoms with van der Waals surface area (Å²) in [6.45, 7) is 5.22. The highest BCUT2D eigenvalue weighted by atomic mass is 19.1. The van der Waals surface area contributed by atoms with Crippen LogP contribution in [0.1, 0.15) is 28.2 Å². The number of nitrogens with zero attached hydrogens (tertiary/aromatic N) is 4. The molecule has 0 unspecified atom stereocenters. The van der Waals surface area contributed by atoms with Crippen LogP contribution in [0.3, 0.4) is 0 Å². The van der Waals surface area contributed by atoms with Crippen molar-refractivity contribution in [2.24, 2.45) is 0 Å². The van der Waals surface area contributed by atoms with E-state index in [0.29, 0.717) is 23.4 Å². The second-order valence-corrected chi connectivity index (χ2v) is 7.44. The highest BCUT2D eigenvalue weighted by molar-refractivity contribution is 5.99. The summed E-state index contributed by atoms with van der Waals surface area (Å²) < 4.78 is 17.0. The molecule has 4 rings (SSSR count). The highest BCUT2D eigenvalue weighted by Crippen LogP contribution is 2.24. The van der Waals surface area contributed by atoms with Crippen LogP contribution < -0.4 is 5.32 Å². The summed E-state index contributed by atoms with van der Waals surface area (Å²) >= 11 is 0. The van der Waals surface area contributed by atoms with E-state index in [1.807, 2.05) is 54.9 Å². The van der Waals surface area contributed by atoms with E-state index in [4.69, 9.17) is 0 Å². The van der Waals surface area contributed by atoms with Gasteiger partial charge in [0.25, 0.3) is 5.91 Å². The SMILES string of the molecule is Cc1cc(C)n(CCCNC(=O)c2cn(-c3ccccc3)nc2-c2ccc(F)cc2)n1. The molecule has 0 aliphatic carbocycles. The normalized spacial score (nSPS) is 10.9. The fourth-order valence-corrected chi connectivity index (χ4v) is 3.50. The number of benzene rings is 2. The third-order valence-corrected chi connectivity index (χ3v) is 5.03. The minimum Gasteiger partial charge on any atom is -0.352 e. The molecule has 0 fully saturated rings. The molecule has 0 aliphatic heterocycles. The van der Waals surface area contributed by atoms with Crippen molar-refractivity contribution in [3.63, 3.8) is 0 Å². The maximum atomic E-state index is 13.4. The summed E-state index contributed by atoms with van der Waals surface area (Å²) in [5, 5.41) is 12.0. The third-order valence-electron chi connectivity index (χ3n) is 5.03. The molecule has 158 valence electrons. The van der Waals surface area contributed by atoms with E-state index >= 15 is 0 Å². The van der Waals surface area contributed by atoms with Crippen molar-refractivity contribution in [3.8, 4) is 16.9 Å². The summed E-state index contributed by atoms with van der Waals surface area (Å²) in [5.41, 5.74) is 4.57. The lowest BCUT2D eigenvalue weighted by molar-refractivity contribution is 0.0953. The number of hydrogen-bond acceptors (Lipinski definition) is 3. The number of carbonyl (C=O) groups is 1. The van der Waals surface area contributed by atoms with Gasteiger partial charge in [0.1, 0.15) is 11.5 Å². The molecule has 7 heteroatoms. The Morgan fingerprint density at radius 3 is 2.45 bits per heavy atom. The summed E-state index contributed by atoms with van der Waals surface area (Å²) in [5.74, 6) is -0.545. The molecule has 0 aliphatic rings. The number of aryl methyl sites for hydroxylation is 3. The minimum absolute atomic E-state index is 0.213. The molecule has 0 radical (unpaired) electrons. The van der Waals surface area contributed by atoms with Gasteiger partial charge in [0.2, 0.25) is 0 Å². The first-order chi connectivity index (χ1) is 15.0. The van der Waals surface area contributed by atoms with Crippen LogP contribution in [0, 0.1) is 19.7 Å². The van der Waals surface area contributed by atoms with E-state index in [0.717, 1.165) is 30.0 Å². The third kappa shape index (κ3) is 4.71. The number of para-hydroxylation sites is 1. The standard InChI is InChI=1S/C24H24FN5O/c1-17-15-18(2)29(27-17)14-6-13-26-24(31)22-16-30(21-7-4-3-5-8-21)28-23(22)19-9-11-20(25)12-10-19/h3-5,7-12,15-16H,6,13-14H2,1-2H3,(H,26,31). The summed E-state index contributed by atoms with van der Waals surface area (Å²) in [6.07, 6.45) is 2.47. The number of halogens is 1. The Bertz CT molecular complexity index is 1180. The number of nitrogens with one attached hydrogen (secondary N) is 1. The molecule has 0 atom stereocenters. The van der Waals surface area contributed by atoms with E-state index < -0.39 is 0 Å². The van der Waals surface area contributed by atoms with Crippen LogP contribution in [-0.2, 0) is 6.54 Å². The molecule has 4 aromatic rings. The van der Waals surface area contributed by atoms with Crippen molar-refractivity contribution in [2.45, 2.75) is 26.8 Å². The molecule has 31 heavy (non-hydrogen) atoms. The first kappa shape index (κ1) is 20.5. The monoisotopic (exact) mass is 417 g/mol. The minimum atomic E-state index is -0.332. The first-order valence-corrected chi connectivity index (χ1v) is 10.2. The Labute approximate surface area is 180 Å². The van der Waals surface area contributed by atoms with Crippen LogP contribution in [0.25, 0.3) is 16.9 Å². The van der Waals surface area contributed by atoms with Crippen LogP contribution in [0.2, 0.25) is 0 Å². The predicted molar refractivity (Wildman–Crippen MR) is 118 cm³/mol. The quantitative estimate of drug-likeness (QED) is 0.456. The number of hydrogen-bond donors (Lipinski definition) is 1. The molecule has 6 nitrogen and oxygen atoms in total. The Hall–Kier alpha value is -3.74. The smallest absolute Gasteiger partial charge is 0.255 e. The van der Waals surface area contributed by atoms with Gasteiger partial charge in [-0.15, -0.1) is 0 Å². The van der Waals surface area contributed by atoms with Crippen LogP contribution >= 0.6 is 0 Å². The molecular formula is C24H24FN5O. The van der Waals surface area contributed by atoms with Crippen molar-refractivity contribution >= 4 is 5.91 Å². The molecule has 2 aromatic heterocycles. The maximum absolute atomic E-state index is 13.4. The highest BCUT2D eigenvalue weighted by Gasteiger charge is 2.18. The van der Waals surface area contributed by atoms with Gasteiger partial charge in [-0.3, -0.25) is 9.48 Å². The van der Waals surface area contributed by atoms with E-state index in [1.165, 1.54) is 12.1 Å². The molecule has 1 N–H and O–H groups in total. The number of rotatable bonds is 7. The van der Waals surface area contributed by atoms with Gasteiger partial charge in [0.05, 0.1) is 16.9 Å². The lowest BCUT2D eigenvalue weighted by atomic mass is 10.1. The van der Waals surface area contributed by atoms with E-state index in [1.54, 1.807) is 23.0 Å². The Morgan fingerprint density at radius 1 is 1.03 bits per heavy atom. The maximum Gasteiger partial charge on any atom is 0.255 e. The van der Waals surface area contributed by atoms with Crippen LogP contribution in [0.5, 0.6) is 0 Å². The van der Waals surface area contributed by atoms with Crippen LogP contribution in [-0.4, -0.2) is 32.0 Å². The molecular weight excluding hydrogens is 393 g/mol. The topological polar surface area (TPSA) is 64.7 Å². The first-order valence-electron chi connectivity index (χ1n) is 10.2. The number of amides is 1. The molecule has 0 bridgehead atoms. The van der Waals surface area contributed by atoms with Gasteiger partial charge >= 0.3 is 0 Å². The van der Waals surface area contributed by atoms with Crippen molar-refractivity contribution in [3.05, 3.63) is 89.6 Å². The fourth-order valence-electron chi connectivity index (χ4n) is 3.50. The largest absolute Gasteiger partial charge is 0.352 e. The second kappa shape index (κ2) is 8.95. The Balaban J connectivity index is 1.52.